The fourth-order valence-electron chi connectivity index (χ4n) is 1.82. The van der Waals surface area contributed by atoms with Crippen LogP contribution in [0.25, 0.3) is 0 Å². The number of rotatable bonds is 5. The van der Waals surface area contributed by atoms with Gasteiger partial charge in [0.05, 0.1) is 4.90 Å². The predicted octanol–water partition coefficient (Wildman–Crippen LogP) is 1.93. The first kappa shape index (κ1) is 13.5. The minimum absolute atomic E-state index is 0.114. The summed E-state index contributed by atoms with van der Waals surface area (Å²) in [5.41, 5.74) is 6.54. The highest BCUT2D eigenvalue weighted by Gasteiger charge is 2.41. The number of benzene rings is 1. The molecule has 0 bridgehead atoms. The largest absolute Gasteiger partial charge is 0.324 e. The molecule has 0 saturated heterocycles. The van der Waals surface area contributed by atoms with Crippen LogP contribution >= 0.6 is 0 Å². The van der Waals surface area contributed by atoms with Crippen LogP contribution in [0.3, 0.4) is 0 Å². The summed E-state index contributed by atoms with van der Waals surface area (Å²) >= 11 is 0. The Morgan fingerprint density at radius 3 is 2.67 bits per heavy atom. The molecule has 0 radical (unpaired) electrons. The van der Waals surface area contributed by atoms with E-state index in [-0.39, 0.29) is 11.6 Å². The topological polar surface area (TPSA) is 72.2 Å². The van der Waals surface area contributed by atoms with Crippen molar-refractivity contribution < 1.29 is 8.42 Å². The molecule has 0 aliphatic heterocycles. The standard InChI is InChI=1S/C13H20N2O2S/c1-3-12(14)10-5-4-6-11(9-10)18(16,17)15-13(2)7-8-13/h4-6,9,12,15H,3,7-8,14H2,1-2H3. The van der Waals surface area contributed by atoms with E-state index in [4.69, 9.17) is 5.73 Å². The van der Waals surface area contributed by atoms with Crippen LogP contribution in [-0.2, 0) is 10.0 Å². The Morgan fingerprint density at radius 2 is 2.11 bits per heavy atom. The van der Waals surface area contributed by atoms with Gasteiger partial charge in [-0.05, 0) is 43.9 Å². The van der Waals surface area contributed by atoms with Crippen LogP contribution in [-0.4, -0.2) is 14.0 Å². The second kappa shape index (κ2) is 4.64. The van der Waals surface area contributed by atoms with Crippen molar-refractivity contribution in [2.75, 3.05) is 0 Å². The van der Waals surface area contributed by atoms with Crippen LogP contribution < -0.4 is 10.5 Å². The normalized spacial score (nSPS) is 19.5. The molecule has 1 atom stereocenters. The molecule has 1 fully saturated rings. The van der Waals surface area contributed by atoms with E-state index in [2.05, 4.69) is 4.72 Å². The molecule has 4 nitrogen and oxygen atoms in total. The lowest BCUT2D eigenvalue weighted by Crippen LogP contribution is -2.34. The quantitative estimate of drug-likeness (QED) is 0.857. The molecule has 0 heterocycles. The first-order chi connectivity index (χ1) is 8.36. The van der Waals surface area contributed by atoms with Crippen LogP contribution in [0.4, 0.5) is 0 Å². The third-order valence-corrected chi connectivity index (χ3v) is 5.05. The fraction of sp³-hybridized carbons (Fsp3) is 0.538. The number of nitrogens with two attached hydrogens (primary N) is 1. The highest BCUT2D eigenvalue weighted by Crippen LogP contribution is 2.36. The Balaban J connectivity index is 2.27. The summed E-state index contributed by atoms with van der Waals surface area (Å²) in [6.45, 7) is 3.90. The van der Waals surface area contributed by atoms with Crippen molar-refractivity contribution in [3.63, 3.8) is 0 Å². The maximum absolute atomic E-state index is 12.2. The van der Waals surface area contributed by atoms with E-state index in [1.54, 1.807) is 18.2 Å². The van der Waals surface area contributed by atoms with Gasteiger partial charge in [-0.25, -0.2) is 13.1 Å². The summed E-state index contributed by atoms with van der Waals surface area (Å²) in [6, 6.07) is 6.78. The van der Waals surface area contributed by atoms with E-state index in [1.165, 1.54) is 0 Å². The molecule has 100 valence electrons. The highest BCUT2D eigenvalue weighted by molar-refractivity contribution is 7.89. The Bertz CT molecular complexity index is 536. The average Bonchev–Trinajstić information content (AvgIpc) is 3.05. The van der Waals surface area contributed by atoms with Crippen molar-refractivity contribution >= 4 is 10.0 Å². The maximum atomic E-state index is 12.2. The van der Waals surface area contributed by atoms with Gasteiger partial charge in [-0.2, -0.15) is 0 Å². The molecule has 1 aliphatic carbocycles. The van der Waals surface area contributed by atoms with Gasteiger partial charge in [-0.1, -0.05) is 19.1 Å². The molecule has 18 heavy (non-hydrogen) atoms. The zero-order valence-corrected chi connectivity index (χ0v) is 11.6. The second-order valence-electron chi connectivity index (χ2n) is 5.25. The first-order valence-electron chi connectivity index (χ1n) is 6.26. The molecule has 5 heteroatoms. The van der Waals surface area contributed by atoms with Gasteiger partial charge >= 0.3 is 0 Å². The SMILES string of the molecule is CCC(N)c1cccc(S(=O)(=O)NC2(C)CC2)c1. The molecule has 2 rings (SSSR count). The minimum atomic E-state index is -3.43. The van der Waals surface area contributed by atoms with Gasteiger partial charge in [0.2, 0.25) is 10.0 Å². The molecule has 3 N–H and O–H groups in total. The van der Waals surface area contributed by atoms with Crippen LogP contribution in [0.2, 0.25) is 0 Å². The van der Waals surface area contributed by atoms with E-state index >= 15 is 0 Å². The van der Waals surface area contributed by atoms with Gasteiger partial charge in [-0.3, -0.25) is 0 Å². The zero-order chi connectivity index (χ0) is 13.4. The summed E-state index contributed by atoms with van der Waals surface area (Å²) in [6.07, 6.45) is 2.59. The Hall–Kier alpha value is -0.910. The molecular weight excluding hydrogens is 248 g/mol. The Morgan fingerprint density at radius 1 is 1.44 bits per heavy atom. The van der Waals surface area contributed by atoms with Crippen molar-refractivity contribution in [3.05, 3.63) is 29.8 Å². The van der Waals surface area contributed by atoms with Crippen LogP contribution in [0.1, 0.15) is 44.7 Å². The van der Waals surface area contributed by atoms with Gasteiger partial charge in [0.1, 0.15) is 0 Å². The molecule has 1 aliphatic rings. The summed E-state index contributed by atoms with van der Waals surface area (Å²) in [5.74, 6) is 0. The molecule has 1 saturated carbocycles. The summed E-state index contributed by atoms with van der Waals surface area (Å²) in [5, 5.41) is 0. The summed E-state index contributed by atoms with van der Waals surface area (Å²) in [7, 11) is -3.43. The molecule has 0 spiro atoms. The summed E-state index contributed by atoms with van der Waals surface area (Å²) < 4.78 is 27.1. The number of nitrogens with one attached hydrogen (secondary N) is 1. The van der Waals surface area contributed by atoms with Crippen molar-refractivity contribution in [3.8, 4) is 0 Å². The zero-order valence-electron chi connectivity index (χ0n) is 10.8. The van der Waals surface area contributed by atoms with Crippen molar-refractivity contribution in [2.45, 2.75) is 49.6 Å². The van der Waals surface area contributed by atoms with E-state index in [0.717, 1.165) is 24.8 Å². The van der Waals surface area contributed by atoms with Gasteiger partial charge in [0.25, 0.3) is 0 Å². The van der Waals surface area contributed by atoms with Gasteiger partial charge in [0, 0.05) is 11.6 Å². The van der Waals surface area contributed by atoms with Gasteiger partial charge in [0.15, 0.2) is 0 Å². The van der Waals surface area contributed by atoms with E-state index in [9.17, 15) is 8.42 Å². The van der Waals surface area contributed by atoms with Crippen molar-refractivity contribution in [1.29, 1.82) is 0 Å². The lowest BCUT2D eigenvalue weighted by Gasteiger charge is -2.14. The summed E-state index contributed by atoms with van der Waals surface area (Å²) in [4.78, 5) is 0.303. The fourth-order valence-corrected chi connectivity index (χ4v) is 3.34. The molecular formula is C13H20N2O2S. The van der Waals surface area contributed by atoms with E-state index in [1.807, 2.05) is 19.9 Å². The average molecular weight is 268 g/mol. The second-order valence-corrected chi connectivity index (χ2v) is 6.94. The van der Waals surface area contributed by atoms with Gasteiger partial charge < -0.3 is 5.73 Å². The number of hydrogen-bond acceptors (Lipinski definition) is 3. The monoisotopic (exact) mass is 268 g/mol. The van der Waals surface area contributed by atoms with E-state index in [0.29, 0.717) is 4.90 Å². The molecule has 0 amide bonds. The van der Waals surface area contributed by atoms with E-state index < -0.39 is 10.0 Å². The first-order valence-corrected chi connectivity index (χ1v) is 7.74. The van der Waals surface area contributed by atoms with Gasteiger partial charge in [-0.15, -0.1) is 0 Å². The highest BCUT2D eigenvalue weighted by atomic mass is 32.2. The predicted molar refractivity (Wildman–Crippen MR) is 71.6 cm³/mol. The third-order valence-electron chi connectivity index (χ3n) is 3.42. The van der Waals surface area contributed by atoms with Crippen molar-refractivity contribution in [1.82, 2.24) is 4.72 Å². The Labute approximate surface area is 109 Å². The lowest BCUT2D eigenvalue weighted by molar-refractivity contribution is 0.557. The third kappa shape index (κ3) is 2.91. The lowest BCUT2D eigenvalue weighted by atomic mass is 10.1. The Kier molecular flexibility index (Phi) is 3.49. The number of sulfonamides is 1. The molecule has 1 aromatic rings. The van der Waals surface area contributed by atoms with Crippen LogP contribution in [0, 0.1) is 0 Å². The molecule has 1 unspecified atom stereocenters. The maximum Gasteiger partial charge on any atom is 0.241 e. The van der Waals surface area contributed by atoms with Crippen LogP contribution in [0.15, 0.2) is 29.2 Å². The van der Waals surface area contributed by atoms with Crippen molar-refractivity contribution in [2.24, 2.45) is 5.73 Å². The smallest absolute Gasteiger partial charge is 0.241 e. The molecule has 0 aromatic heterocycles. The number of hydrogen-bond donors (Lipinski definition) is 2. The molecule has 1 aromatic carbocycles. The van der Waals surface area contributed by atoms with Crippen LogP contribution in [0.5, 0.6) is 0 Å². The minimum Gasteiger partial charge on any atom is -0.324 e.